The third-order valence-corrected chi connectivity index (χ3v) is 3.12. The first-order valence-corrected chi connectivity index (χ1v) is 5.14. The van der Waals surface area contributed by atoms with Crippen LogP contribution in [-0.4, -0.2) is 5.54 Å². The number of nitrogens with two attached hydrogens (primary N) is 1. The molecule has 0 aromatic heterocycles. The van der Waals surface area contributed by atoms with Gasteiger partial charge in [-0.1, -0.05) is 12.1 Å². The Bertz CT molecular complexity index is 322. The van der Waals surface area contributed by atoms with Crippen LogP contribution in [0.15, 0.2) is 18.2 Å². The van der Waals surface area contributed by atoms with Gasteiger partial charge in [-0.05, 0) is 49.8 Å². The number of rotatable bonds is 3. The van der Waals surface area contributed by atoms with Crippen molar-refractivity contribution in [1.82, 2.24) is 0 Å². The van der Waals surface area contributed by atoms with Gasteiger partial charge in [-0.15, -0.1) is 0 Å². The summed E-state index contributed by atoms with van der Waals surface area (Å²) < 4.78 is 13.4. The fraction of sp³-hybridized carbons (Fsp3) is 0.500. The maximum absolute atomic E-state index is 13.4. The Morgan fingerprint density at radius 1 is 1.43 bits per heavy atom. The standard InChI is InChI=1S/C12H16FN/c1-9-3-2-4-11(13)10(9)5-6-12(14)7-8-12/h2-4H,5-8,14H2,1H3. The average molecular weight is 193 g/mol. The molecule has 1 fully saturated rings. The largest absolute Gasteiger partial charge is 0.325 e. The van der Waals surface area contributed by atoms with Gasteiger partial charge in [0.2, 0.25) is 0 Å². The third kappa shape index (κ3) is 1.95. The van der Waals surface area contributed by atoms with E-state index in [9.17, 15) is 4.39 Å². The molecule has 0 spiro atoms. The van der Waals surface area contributed by atoms with E-state index in [0.717, 1.165) is 36.8 Å². The van der Waals surface area contributed by atoms with Gasteiger partial charge in [-0.25, -0.2) is 4.39 Å². The first-order valence-electron chi connectivity index (χ1n) is 5.14. The van der Waals surface area contributed by atoms with Crippen molar-refractivity contribution in [3.05, 3.63) is 35.1 Å². The SMILES string of the molecule is Cc1cccc(F)c1CCC1(N)CC1. The molecule has 76 valence electrons. The minimum Gasteiger partial charge on any atom is -0.325 e. The summed E-state index contributed by atoms with van der Waals surface area (Å²) in [5, 5.41) is 0. The molecule has 0 unspecified atom stereocenters. The number of benzene rings is 1. The van der Waals surface area contributed by atoms with Crippen LogP contribution in [-0.2, 0) is 6.42 Å². The van der Waals surface area contributed by atoms with Crippen LogP contribution in [0.4, 0.5) is 4.39 Å². The van der Waals surface area contributed by atoms with Crippen molar-refractivity contribution < 1.29 is 4.39 Å². The summed E-state index contributed by atoms with van der Waals surface area (Å²) in [7, 11) is 0. The van der Waals surface area contributed by atoms with Crippen LogP contribution in [0.2, 0.25) is 0 Å². The minimum absolute atomic E-state index is 0.0225. The highest BCUT2D eigenvalue weighted by atomic mass is 19.1. The summed E-state index contributed by atoms with van der Waals surface area (Å²) in [5.74, 6) is -0.0887. The number of halogens is 1. The second-order valence-corrected chi connectivity index (χ2v) is 4.40. The van der Waals surface area contributed by atoms with E-state index in [-0.39, 0.29) is 11.4 Å². The van der Waals surface area contributed by atoms with Gasteiger partial charge < -0.3 is 5.73 Å². The Labute approximate surface area is 84.1 Å². The van der Waals surface area contributed by atoms with Crippen LogP contribution in [0.25, 0.3) is 0 Å². The maximum atomic E-state index is 13.4. The molecule has 1 aromatic carbocycles. The van der Waals surface area contributed by atoms with Crippen LogP contribution < -0.4 is 5.73 Å². The molecule has 0 radical (unpaired) electrons. The van der Waals surface area contributed by atoms with Crippen molar-refractivity contribution in [2.45, 2.75) is 38.1 Å². The fourth-order valence-electron chi connectivity index (χ4n) is 1.77. The predicted molar refractivity (Wildman–Crippen MR) is 55.6 cm³/mol. The molecule has 2 rings (SSSR count). The predicted octanol–water partition coefficient (Wildman–Crippen LogP) is 2.56. The number of aryl methyl sites for hydroxylation is 1. The highest BCUT2D eigenvalue weighted by Crippen LogP contribution is 2.36. The Hall–Kier alpha value is -0.890. The molecule has 1 aromatic rings. The summed E-state index contributed by atoms with van der Waals surface area (Å²) in [6, 6.07) is 5.23. The number of hydrogen-bond donors (Lipinski definition) is 1. The molecule has 1 aliphatic carbocycles. The van der Waals surface area contributed by atoms with Crippen LogP contribution in [0.3, 0.4) is 0 Å². The van der Waals surface area contributed by atoms with Gasteiger partial charge in [0.05, 0.1) is 0 Å². The molecule has 2 N–H and O–H groups in total. The molecule has 1 saturated carbocycles. The van der Waals surface area contributed by atoms with Crippen molar-refractivity contribution in [3.63, 3.8) is 0 Å². The van der Waals surface area contributed by atoms with E-state index in [4.69, 9.17) is 5.73 Å². The van der Waals surface area contributed by atoms with Crippen LogP contribution in [0.5, 0.6) is 0 Å². The van der Waals surface area contributed by atoms with E-state index in [2.05, 4.69) is 0 Å². The highest BCUT2D eigenvalue weighted by molar-refractivity contribution is 5.28. The van der Waals surface area contributed by atoms with Gasteiger partial charge in [0.1, 0.15) is 5.82 Å². The zero-order valence-electron chi connectivity index (χ0n) is 8.52. The molecule has 0 atom stereocenters. The Kier molecular flexibility index (Phi) is 2.31. The molecule has 0 aliphatic heterocycles. The smallest absolute Gasteiger partial charge is 0.126 e. The molecule has 0 heterocycles. The van der Waals surface area contributed by atoms with Crippen molar-refractivity contribution >= 4 is 0 Å². The van der Waals surface area contributed by atoms with Crippen molar-refractivity contribution in [2.24, 2.45) is 5.73 Å². The zero-order valence-corrected chi connectivity index (χ0v) is 8.52. The average Bonchev–Trinajstić information content (AvgIpc) is 2.83. The maximum Gasteiger partial charge on any atom is 0.126 e. The molecule has 1 aliphatic rings. The normalized spacial score (nSPS) is 18.2. The highest BCUT2D eigenvalue weighted by Gasteiger charge is 2.37. The lowest BCUT2D eigenvalue weighted by molar-refractivity contribution is 0.569. The molecule has 2 heteroatoms. The fourth-order valence-corrected chi connectivity index (χ4v) is 1.77. The molecule has 0 bridgehead atoms. The molecule has 0 amide bonds. The molecule has 1 nitrogen and oxygen atoms in total. The molecular weight excluding hydrogens is 177 g/mol. The summed E-state index contributed by atoms with van der Waals surface area (Å²) in [4.78, 5) is 0. The van der Waals surface area contributed by atoms with E-state index in [1.54, 1.807) is 6.07 Å². The van der Waals surface area contributed by atoms with E-state index < -0.39 is 0 Å². The van der Waals surface area contributed by atoms with Crippen LogP contribution in [0.1, 0.15) is 30.4 Å². The second kappa shape index (κ2) is 3.35. The summed E-state index contributed by atoms with van der Waals surface area (Å²) >= 11 is 0. The number of hydrogen-bond acceptors (Lipinski definition) is 1. The topological polar surface area (TPSA) is 26.0 Å². The van der Waals surface area contributed by atoms with Gasteiger partial charge in [0.25, 0.3) is 0 Å². The van der Waals surface area contributed by atoms with E-state index in [1.165, 1.54) is 6.07 Å². The first kappa shape index (κ1) is 9.66. The lowest BCUT2D eigenvalue weighted by atomic mass is 10.00. The minimum atomic E-state index is -0.0887. The molecule has 0 saturated heterocycles. The molecular formula is C12H16FN. The van der Waals surface area contributed by atoms with E-state index in [1.807, 2.05) is 13.0 Å². The summed E-state index contributed by atoms with van der Waals surface area (Å²) in [6.07, 6.45) is 3.88. The summed E-state index contributed by atoms with van der Waals surface area (Å²) in [6.45, 7) is 1.95. The third-order valence-electron chi connectivity index (χ3n) is 3.12. The van der Waals surface area contributed by atoms with Gasteiger partial charge in [0, 0.05) is 5.54 Å². The molecule has 14 heavy (non-hydrogen) atoms. The van der Waals surface area contributed by atoms with Crippen molar-refractivity contribution in [2.75, 3.05) is 0 Å². The van der Waals surface area contributed by atoms with Crippen LogP contribution >= 0.6 is 0 Å². The Morgan fingerprint density at radius 2 is 2.14 bits per heavy atom. The summed E-state index contributed by atoms with van der Waals surface area (Å²) in [5.41, 5.74) is 7.87. The quantitative estimate of drug-likeness (QED) is 0.784. The Morgan fingerprint density at radius 3 is 2.71 bits per heavy atom. The van der Waals surface area contributed by atoms with E-state index >= 15 is 0 Å². The van der Waals surface area contributed by atoms with Crippen LogP contribution in [0, 0.1) is 12.7 Å². The van der Waals surface area contributed by atoms with Gasteiger partial charge in [-0.2, -0.15) is 0 Å². The van der Waals surface area contributed by atoms with E-state index in [0.29, 0.717) is 0 Å². The first-order chi connectivity index (χ1) is 6.61. The Balaban J connectivity index is 2.08. The van der Waals surface area contributed by atoms with Gasteiger partial charge >= 0.3 is 0 Å². The monoisotopic (exact) mass is 193 g/mol. The van der Waals surface area contributed by atoms with Gasteiger partial charge in [0.15, 0.2) is 0 Å². The zero-order chi connectivity index (χ0) is 10.2. The van der Waals surface area contributed by atoms with Gasteiger partial charge in [-0.3, -0.25) is 0 Å². The second-order valence-electron chi connectivity index (χ2n) is 4.40. The lowest BCUT2D eigenvalue weighted by Gasteiger charge is -2.10. The van der Waals surface area contributed by atoms with Crippen molar-refractivity contribution in [1.29, 1.82) is 0 Å². The van der Waals surface area contributed by atoms with Crippen molar-refractivity contribution in [3.8, 4) is 0 Å². The lowest BCUT2D eigenvalue weighted by Crippen LogP contribution is -2.22.